The smallest absolute Gasteiger partial charge is 0.282 e. The molecule has 0 saturated carbocycles. The van der Waals surface area contributed by atoms with Gasteiger partial charge in [0.1, 0.15) is 11.6 Å². The summed E-state index contributed by atoms with van der Waals surface area (Å²) in [5.41, 5.74) is 2.68. The van der Waals surface area contributed by atoms with Crippen LogP contribution < -0.4 is 5.56 Å². The average Bonchev–Trinajstić information content (AvgIpc) is 2.67. The van der Waals surface area contributed by atoms with Crippen LogP contribution in [0.4, 0.5) is 0 Å². The normalized spacial score (nSPS) is 16.0. The van der Waals surface area contributed by atoms with Gasteiger partial charge in [-0.05, 0) is 44.9 Å². The van der Waals surface area contributed by atoms with E-state index >= 15 is 0 Å². The monoisotopic (exact) mass is 415 g/mol. The van der Waals surface area contributed by atoms with E-state index in [0.29, 0.717) is 42.3 Å². The van der Waals surface area contributed by atoms with Crippen LogP contribution in [0.1, 0.15) is 27.9 Å². The molecule has 154 valence electrons. The van der Waals surface area contributed by atoms with Gasteiger partial charge in [-0.1, -0.05) is 17.7 Å². The molecule has 0 bridgehead atoms. The quantitative estimate of drug-likeness (QED) is 0.747. The van der Waals surface area contributed by atoms with Crippen molar-refractivity contribution in [2.45, 2.75) is 39.3 Å². The molecule has 0 spiro atoms. The van der Waals surface area contributed by atoms with Crippen molar-refractivity contribution in [1.29, 1.82) is 5.26 Å². The number of sulfonamides is 1. The second-order valence-electron chi connectivity index (χ2n) is 7.43. The summed E-state index contributed by atoms with van der Waals surface area (Å²) in [5, 5.41) is 13.5. The predicted octanol–water partition coefficient (Wildman–Crippen LogP) is 1.31. The van der Waals surface area contributed by atoms with E-state index in [1.54, 1.807) is 32.9 Å². The molecule has 8 nitrogen and oxygen atoms in total. The van der Waals surface area contributed by atoms with E-state index in [1.807, 2.05) is 24.0 Å². The lowest BCUT2D eigenvalue weighted by Gasteiger charge is -2.34. The van der Waals surface area contributed by atoms with E-state index in [1.165, 1.54) is 8.99 Å². The van der Waals surface area contributed by atoms with Crippen molar-refractivity contribution in [3.63, 3.8) is 0 Å². The third-order valence-electron chi connectivity index (χ3n) is 5.36. The number of aromatic nitrogens is 2. The molecule has 0 unspecified atom stereocenters. The van der Waals surface area contributed by atoms with E-state index in [-0.39, 0.29) is 12.2 Å². The van der Waals surface area contributed by atoms with Gasteiger partial charge in [-0.15, -0.1) is 0 Å². The Morgan fingerprint density at radius 3 is 2.34 bits per heavy atom. The van der Waals surface area contributed by atoms with Crippen molar-refractivity contribution in [3.8, 4) is 6.07 Å². The van der Waals surface area contributed by atoms with Gasteiger partial charge in [-0.2, -0.15) is 14.7 Å². The van der Waals surface area contributed by atoms with Gasteiger partial charge in [-0.3, -0.25) is 9.69 Å². The van der Waals surface area contributed by atoms with E-state index in [0.717, 1.165) is 11.1 Å². The number of hydrogen-bond donors (Lipinski definition) is 0. The van der Waals surface area contributed by atoms with Gasteiger partial charge in [-0.25, -0.2) is 13.1 Å². The molecular formula is C20H25N5O3S. The number of hydrogen-bond acceptors (Lipinski definition) is 6. The zero-order chi connectivity index (χ0) is 21.3. The molecule has 2 aromatic rings. The molecule has 0 aliphatic carbocycles. The first-order valence-corrected chi connectivity index (χ1v) is 10.9. The molecule has 1 aromatic heterocycles. The molecule has 1 aliphatic heterocycles. The first kappa shape index (κ1) is 21.2. The van der Waals surface area contributed by atoms with Crippen LogP contribution >= 0.6 is 0 Å². The molecule has 9 heteroatoms. The summed E-state index contributed by atoms with van der Waals surface area (Å²) >= 11 is 0. The number of nitriles is 1. The highest BCUT2D eigenvalue weighted by molar-refractivity contribution is 7.89. The molecule has 29 heavy (non-hydrogen) atoms. The van der Waals surface area contributed by atoms with Crippen molar-refractivity contribution in [1.82, 2.24) is 19.0 Å². The molecule has 0 atom stereocenters. The molecule has 0 radical (unpaired) electrons. The summed E-state index contributed by atoms with van der Waals surface area (Å²) in [6, 6.07) is 7.29. The maximum Gasteiger partial charge on any atom is 0.286 e. The molecule has 3 rings (SSSR count). The molecule has 1 aromatic carbocycles. The first-order chi connectivity index (χ1) is 13.6. The zero-order valence-corrected chi connectivity index (χ0v) is 18.0. The Kier molecular flexibility index (Phi) is 5.89. The van der Waals surface area contributed by atoms with Crippen LogP contribution in [0.5, 0.6) is 0 Å². The Morgan fingerprint density at radius 1 is 1.10 bits per heavy atom. The van der Waals surface area contributed by atoms with Crippen molar-refractivity contribution >= 4 is 10.0 Å². The Morgan fingerprint density at radius 2 is 1.76 bits per heavy atom. The van der Waals surface area contributed by atoms with E-state index in [2.05, 4.69) is 5.10 Å². The number of aryl methyl sites for hydroxylation is 3. The predicted molar refractivity (Wildman–Crippen MR) is 109 cm³/mol. The van der Waals surface area contributed by atoms with Gasteiger partial charge in [0.25, 0.3) is 5.56 Å². The van der Waals surface area contributed by atoms with Gasteiger partial charge in [0, 0.05) is 26.2 Å². The minimum Gasteiger partial charge on any atom is -0.282 e. The summed E-state index contributed by atoms with van der Waals surface area (Å²) in [6.07, 6.45) is 0. The Bertz CT molecular complexity index is 1140. The highest BCUT2D eigenvalue weighted by Gasteiger charge is 2.30. The molecule has 1 saturated heterocycles. The van der Waals surface area contributed by atoms with Crippen LogP contribution in [-0.4, -0.2) is 53.6 Å². The minimum absolute atomic E-state index is 0.105. The number of nitrogens with zero attached hydrogens (tertiary/aromatic N) is 5. The first-order valence-electron chi connectivity index (χ1n) is 9.43. The fraction of sp³-hybridized carbons (Fsp3) is 0.450. The lowest BCUT2D eigenvalue weighted by Crippen LogP contribution is -2.50. The third kappa shape index (κ3) is 4.10. The van der Waals surface area contributed by atoms with Crippen LogP contribution in [0.3, 0.4) is 0 Å². The Balaban J connectivity index is 1.74. The zero-order valence-electron chi connectivity index (χ0n) is 17.1. The summed E-state index contributed by atoms with van der Waals surface area (Å²) in [5.74, 6) is 0. The van der Waals surface area contributed by atoms with Gasteiger partial charge >= 0.3 is 0 Å². The standard InChI is InChI=1S/C20H25N5O3S/c1-14-5-6-19(15(2)11-14)29(27,28)24-9-7-23(8-10-24)13-25-20(26)18(12-21)16(3)17(4)22-25/h5-6,11H,7-10,13H2,1-4H3. The second kappa shape index (κ2) is 8.06. The number of piperazine rings is 1. The Labute approximate surface area is 171 Å². The van der Waals surface area contributed by atoms with E-state index in [4.69, 9.17) is 0 Å². The van der Waals surface area contributed by atoms with Crippen molar-refractivity contribution in [3.05, 3.63) is 56.5 Å². The summed E-state index contributed by atoms with van der Waals surface area (Å²) in [4.78, 5) is 14.8. The maximum absolute atomic E-state index is 13.0. The molecule has 1 fully saturated rings. The van der Waals surface area contributed by atoms with Crippen molar-refractivity contribution in [2.75, 3.05) is 26.2 Å². The highest BCUT2D eigenvalue weighted by Crippen LogP contribution is 2.22. The van der Waals surface area contributed by atoms with Crippen LogP contribution in [-0.2, 0) is 16.7 Å². The van der Waals surface area contributed by atoms with Crippen LogP contribution in [0, 0.1) is 39.0 Å². The SMILES string of the molecule is Cc1ccc(S(=O)(=O)N2CCN(Cn3nc(C)c(C)c(C#N)c3=O)CC2)c(C)c1. The van der Waals surface area contributed by atoms with Gasteiger partial charge in [0.2, 0.25) is 10.0 Å². The lowest BCUT2D eigenvalue weighted by molar-refractivity contribution is 0.142. The summed E-state index contributed by atoms with van der Waals surface area (Å²) in [7, 11) is -3.56. The molecule has 1 aliphatic rings. The third-order valence-corrected chi connectivity index (χ3v) is 7.42. The van der Waals surface area contributed by atoms with Crippen LogP contribution in [0.15, 0.2) is 27.9 Å². The number of rotatable bonds is 4. The van der Waals surface area contributed by atoms with Gasteiger partial charge in [0.15, 0.2) is 0 Å². The largest absolute Gasteiger partial charge is 0.286 e. The minimum atomic E-state index is -3.56. The van der Waals surface area contributed by atoms with Gasteiger partial charge in [0.05, 0.1) is 17.3 Å². The van der Waals surface area contributed by atoms with Crippen molar-refractivity contribution < 1.29 is 8.42 Å². The number of benzene rings is 1. The maximum atomic E-state index is 13.0. The molecule has 2 heterocycles. The second-order valence-corrected chi connectivity index (χ2v) is 9.34. The fourth-order valence-electron chi connectivity index (χ4n) is 3.53. The Hall–Kier alpha value is -2.54. The molecular weight excluding hydrogens is 390 g/mol. The van der Waals surface area contributed by atoms with E-state index in [9.17, 15) is 18.5 Å². The topological polar surface area (TPSA) is 99.3 Å². The van der Waals surface area contributed by atoms with Crippen molar-refractivity contribution in [2.24, 2.45) is 0 Å². The summed E-state index contributed by atoms with van der Waals surface area (Å²) < 4.78 is 28.8. The molecule has 0 N–H and O–H groups in total. The van der Waals surface area contributed by atoms with Gasteiger partial charge < -0.3 is 0 Å². The van der Waals surface area contributed by atoms with E-state index < -0.39 is 15.6 Å². The highest BCUT2D eigenvalue weighted by atomic mass is 32.2. The fourth-order valence-corrected chi connectivity index (χ4v) is 5.16. The average molecular weight is 416 g/mol. The summed E-state index contributed by atoms with van der Waals surface area (Å²) in [6.45, 7) is 9.07. The van der Waals surface area contributed by atoms with Crippen LogP contribution in [0.25, 0.3) is 0 Å². The lowest BCUT2D eigenvalue weighted by atomic mass is 10.1. The molecule has 0 amide bonds. The van der Waals surface area contributed by atoms with Crippen LogP contribution in [0.2, 0.25) is 0 Å².